The second-order valence-electron chi connectivity index (χ2n) is 5.72. The molecule has 0 atom stereocenters. The van der Waals surface area contributed by atoms with E-state index in [9.17, 15) is 18.5 Å². The highest BCUT2D eigenvalue weighted by Crippen LogP contribution is 2.31. The third kappa shape index (κ3) is 3.93. The summed E-state index contributed by atoms with van der Waals surface area (Å²) in [5.74, 6) is 0.218. The highest BCUT2D eigenvalue weighted by atomic mass is 32.2. The summed E-state index contributed by atoms with van der Waals surface area (Å²) in [6, 6.07) is 3.65. The molecule has 0 spiro atoms. The van der Waals surface area contributed by atoms with Crippen LogP contribution in [0, 0.1) is 15.5 Å². The molecule has 2 N–H and O–H groups in total. The largest absolute Gasteiger partial charge is 0.497 e. The van der Waals surface area contributed by atoms with Crippen LogP contribution in [-0.2, 0) is 10.0 Å². The summed E-state index contributed by atoms with van der Waals surface area (Å²) in [7, 11) is -1.28. The van der Waals surface area contributed by atoms with Gasteiger partial charge in [-0.15, -0.1) is 0 Å². The molecule has 0 radical (unpaired) electrons. The zero-order valence-corrected chi connectivity index (χ0v) is 13.9. The first kappa shape index (κ1) is 18.3. The van der Waals surface area contributed by atoms with E-state index in [-0.39, 0.29) is 23.7 Å². The Morgan fingerprint density at radius 3 is 2.45 bits per heavy atom. The van der Waals surface area contributed by atoms with Crippen molar-refractivity contribution in [1.29, 1.82) is 0 Å². The molecule has 8 nitrogen and oxygen atoms in total. The Morgan fingerprint density at radius 1 is 1.41 bits per heavy atom. The molecule has 0 heterocycles. The van der Waals surface area contributed by atoms with Gasteiger partial charge in [0.25, 0.3) is 5.69 Å². The highest BCUT2D eigenvalue weighted by Gasteiger charge is 2.32. The minimum Gasteiger partial charge on any atom is -0.497 e. The maximum Gasteiger partial charge on any atom is 0.293 e. The van der Waals surface area contributed by atoms with Crippen molar-refractivity contribution in [2.45, 2.75) is 18.7 Å². The van der Waals surface area contributed by atoms with Crippen LogP contribution in [0.15, 0.2) is 23.1 Å². The Hall–Kier alpha value is -1.71. The van der Waals surface area contributed by atoms with Gasteiger partial charge in [0, 0.05) is 13.6 Å². The SMILES string of the molecule is COc1ccc(S(=O)(=O)N(C)CC(C)(C)CN)c([N+](=O)[O-])c1. The molecule has 1 aromatic rings. The molecular weight excluding hydrogens is 310 g/mol. The molecule has 0 aliphatic heterocycles. The number of sulfonamides is 1. The van der Waals surface area contributed by atoms with E-state index in [0.717, 1.165) is 10.4 Å². The molecule has 1 aromatic carbocycles. The fraction of sp³-hybridized carbons (Fsp3) is 0.538. The third-order valence-corrected chi connectivity index (χ3v) is 5.11. The summed E-state index contributed by atoms with van der Waals surface area (Å²) in [4.78, 5) is 10.0. The van der Waals surface area contributed by atoms with E-state index in [1.165, 1.54) is 26.3 Å². The van der Waals surface area contributed by atoms with Crippen LogP contribution < -0.4 is 10.5 Å². The van der Waals surface area contributed by atoms with Crippen molar-refractivity contribution in [3.8, 4) is 5.75 Å². The minimum absolute atomic E-state index is 0.148. The minimum atomic E-state index is -4.00. The normalized spacial score (nSPS) is 12.5. The number of ether oxygens (including phenoxy) is 1. The number of nitrogens with two attached hydrogens (primary N) is 1. The zero-order chi connectivity index (χ0) is 17.1. The van der Waals surface area contributed by atoms with Crippen LogP contribution in [-0.4, -0.2) is 44.9 Å². The van der Waals surface area contributed by atoms with E-state index < -0.39 is 26.0 Å². The predicted octanol–water partition coefficient (Wildman–Crippen LogP) is 1.21. The molecule has 124 valence electrons. The Morgan fingerprint density at radius 2 is 2.00 bits per heavy atom. The zero-order valence-electron chi connectivity index (χ0n) is 13.1. The summed E-state index contributed by atoms with van der Waals surface area (Å²) in [5, 5.41) is 11.1. The van der Waals surface area contributed by atoms with Gasteiger partial charge in [-0.2, -0.15) is 0 Å². The average Bonchev–Trinajstić information content (AvgIpc) is 2.45. The number of rotatable bonds is 7. The molecule has 0 saturated carbocycles. The van der Waals surface area contributed by atoms with Crippen molar-refractivity contribution in [2.75, 3.05) is 27.2 Å². The maximum absolute atomic E-state index is 12.6. The summed E-state index contributed by atoms with van der Waals surface area (Å²) in [6.45, 7) is 4.08. The topological polar surface area (TPSA) is 116 Å². The molecule has 0 fully saturated rings. The first-order valence-electron chi connectivity index (χ1n) is 6.54. The number of nitro groups is 1. The molecule has 22 heavy (non-hydrogen) atoms. The Bertz CT molecular complexity index is 658. The molecule has 9 heteroatoms. The maximum atomic E-state index is 12.6. The van der Waals surface area contributed by atoms with Crippen molar-refractivity contribution in [3.05, 3.63) is 28.3 Å². The first-order chi connectivity index (χ1) is 10.0. The van der Waals surface area contributed by atoms with Crippen LogP contribution >= 0.6 is 0 Å². The van der Waals surface area contributed by atoms with Gasteiger partial charge in [-0.3, -0.25) is 10.1 Å². The van der Waals surface area contributed by atoms with Crippen LogP contribution in [0.3, 0.4) is 0 Å². The first-order valence-corrected chi connectivity index (χ1v) is 7.98. The van der Waals surface area contributed by atoms with Crippen molar-refractivity contribution in [2.24, 2.45) is 11.1 Å². The summed E-state index contributed by atoms with van der Waals surface area (Å²) in [6.07, 6.45) is 0. The van der Waals surface area contributed by atoms with Gasteiger partial charge in [-0.25, -0.2) is 12.7 Å². The molecule has 0 aliphatic carbocycles. The quantitative estimate of drug-likeness (QED) is 0.593. The van der Waals surface area contributed by atoms with E-state index >= 15 is 0 Å². The molecule has 0 aliphatic rings. The second-order valence-corrected chi connectivity index (χ2v) is 7.73. The van der Waals surface area contributed by atoms with Gasteiger partial charge >= 0.3 is 0 Å². The fourth-order valence-electron chi connectivity index (χ4n) is 1.91. The van der Waals surface area contributed by atoms with E-state index in [2.05, 4.69) is 0 Å². The van der Waals surface area contributed by atoms with E-state index in [1.54, 1.807) is 0 Å². The van der Waals surface area contributed by atoms with Crippen molar-refractivity contribution in [1.82, 2.24) is 4.31 Å². The lowest BCUT2D eigenvalue weighted by atomic mass is 9.94. The predicted molar refractivity (Wildman–Crippen MR) is 82.3 cm³/mol. The molecule has 0 saturated heterocycles. The van der Waals surface area contributed by atoms with Crippen molar-refractivity contribution in [3.63, 3.8) is 0 Å². The van der Waals surface area contributed by atoms with Crippen LogP contribution in [0.5, 0.6) is 5.75 Å². The standard InChI is InChI=1S/C13H21N3O5S/c1-13(2,8-14)9-15(3)22(19,20)12-6-5-10(21-4)7-11(12)16(17)18/h5-7H,8-9,14H2,1-4H3. The van der Waals surface area contributed by atoms with Crippen LogP contribution in [0.1, 0.15) is 13.8 Å². The number of hydrogen-bond acceptors (Lipinski definition) is 6. The summed E-state index contributed by atoms with van der Waals surface area (Å²) < 4.78 is 31.2. The lowest BCUT2D eigenvalue weighted by Gasteiger charge is -2.28. The van der Waals surface area contributed by atoms with Crippen molar-refractivity contribution < 1.29 is 18.1 Å². The lowest BCUT2D eigenvalue weighted by Crippen LogP contribution is -2.39. The fourth-order valence-corrected chi connectivity index (χ4v) is 3.40. The Labute approximate surface area is 130 Å². The highest BCUT2D eigenvalue weighted by molar-refractivity contribution is 7.89. The molecule has 1 rings (SSSR count). The Balaban J connectivity index is 3.31. The van der Waals surface area contributed by atoms with Gasteiger partial charge < -0.3 is 10.5 Å². The average molecular weight is 331 g/mol. The molecule has 0 unspecified atom stereocenters. The van der Waals surface area contributed by atoms with E-state index in [4.69, 9.17) is 10.5 Å². The molecule has 0 aromatic heterocycles. The molecule has 0 bridgehead atoms. The summed E-state index contributed by atoms with van der Waals surface area (Å²) >= 11 is 0. The smallest absolute Gasteiger partial charge is 0.293 e. The monoisotopic (exact) mass is 331 g/mol. The van der Waals surface area contributed by atoms with E-state index in [0.29, 0.717) is 0 Å². The molecule has 0 amide bonds. The number of benzene rings is 1. The third-order valence-electron chi connectivity index (χ3n) is 3.25. The van der Waals surface area contributed by atoms with Gasteiger partial charge in [-0.05, 0) is 24.1 Å². The van der Waals surface area contributed by atoms with E-state index in [1.807, 2.05) is 13.8 Å². The second kappa shape index (κ2) is 6.59. The van der Waals surface area contributed by atoms with Crippen molar-refractivity contribution >= 4 is 15.7 Å². The lowest BCUT2D eigenvalue weighted by molar-refractivity contribution is -0.387. The number of methoxy groups -OCH3 is 1. The van der Waals surface area contributed by atoms with Gasteiger partial charge in [0.1, 0.15) is 5.75 Å². The van der Waals surface area contributed by atoms with Gasteiger partial charge in [0.2, 0.25) is 10.0 Å². The van der Waals surface area contributed by atoms with Gasteiger partial charge in [-0.1, -0.05) is 13.8 Å². The molecular formula is C13H21N3O5S. The Kier molecular flexibility index (Phi) is 5.49. The summed E-state index contributed by atoms with van der Waals surface area (Å²) in [5.41, 5.74) is 4.65. The van der Waals surface area contributed by atoms with Crippen LogP contribution in [0.4, 0.5) is 5.69 Å². The number of nitrogens with zero attached hydrogens (tertiary/aromatic N) is 2. The number of nitro benzene ring substituents is 1. The number of hydrogen-bond donors (Lipinski definition) is 1. The van der Waals surface area contributed by atoms with Gasteiger partial charge in [0.15, 0.2) is 4.90 Å². The van der Waals surface area contributed by atoms with Crippen LogP contribution in [0.25, 0.3) is 0 Å². The van der Waals surface area contributed by atoms with Crippen LogP contribution in [0.2, 0.25) is 0 Å². The van der Waals surface area contributed by atoms with Gasteiger partial charge in [0.05, 0.1) is 18.1 Å².